The van der Waals surface area contributed by atoms with E-state index in [0.717, 1.165) is 10.0 Å². The molecule has 1 aromatic carbocycles. The third-order valence-electron chi connectivity index (χ3n) is 2.03. The normalized spacial score (nSPS) is 15.4. The first-order chi connectivity index (χ1) is 6.15. The Bertz CT molecular complexity index is 258. The van der Waals surface area contributed by atoms with Crippen LogP contribution in [-0.4, -0.2) is 18.3 Å². The molecule has 0 aliphatic carbocycles. The summed E-state index contributed by atoms with van der Waals surface area (Å²) in [6.45, 7) is 1.84. The van der Waals surface area contributed by atoms with E-state index in [4.69, 9.17) is 4.74 Å². The Labute approximate surface area is 86.7 Å². The second-order valence-electron chi connectivity index (χ2n) is 2.94. The van der Waals surface area contributed by atoms with Crippen LogP contribution in [0.2, 0.25) is 0 Å². The highest BCUT2D eigenvalue weighted by Crippen LogP contribution is 2.20. The highest BCUT2D eigenvalue weighted by atomic mass is 79.9. The zero-order valence-corrected chi connectivity index (χ0v) is 9.28. The molecule has 0 aliphatic rings. The van der Waals surface area contributed by atoms with Gasteiger partial charge >= 0.3 is 0 Å². The molecule has 3 heteroatoms. The lowest BCUT2D eigenvalue weighted by molar-refractivity contribution is -0.00143. The largest absolute Gasteiger partial charge is 0.386 e. The fourth-order valence-electron chi connectivity index (χ4n) is 1.06. The van der Waals surface area contributed by atoms with Crippen LogP contribution < -0.4 is 0 Å². The summed E-state index contributed by atoms with van der Waals surface area (Å²) in [7, 11) is 1.59. The van der Waals surface area contributed by atoms with Gasteiger partial charge in [-0.15, -0.1) is 0 Å². The third-order valence-corrected chi connectivity index (χ3v) is 2.56. The summed E-state index contributed by atoms with van der Waals surface area (Å²) < 4.78 is 6.04. The first-order valence-electron chi connectivity index (χ1n) is 4.11. The van der Waals surface area contributed by atoms with Crippen LogP contribution in [0.5, 0.6) is 0 Å². The number of methoxy groups -OCH3 is 1. The van der Waals surface area contributed by atoms with Gasteiger partial charge in [0.1, 0.15) is 6.10 Å². The molecule has 0 saturated carbocycles. The van der Waals surface area contributed by atoms with E-state index in [-0.39, 0.29) is 6.10 Å². The van der Waals surface area contributed by atoms with E-state index in [2.05, 4.69) is 15.9 Å². The molecule has 1 aromatic rings. The number of aliphatic hydroxyl groups excluding tert-OH is 1. The predicted molar refractivity (Wildman–Crippen MR) is 55.6 cm³/mol. The Morgan fingerprint density at radius 1 is 1.31 bits per heavy atom. The summed E-state index contributed by atoms with van der Waals surface area (Å²) in [5, 5.41) is 9.74. The third kappa shape index (κ3) is 2.79. The number of hydrogen-bond donors (Lipinski definition) is 1. The molecule has 0 amide bonds. The average molecular weight is 245 g/mol. The van der Waals surface area contributed by atoms with Gasteiger partial charge in [0.2, 0.25) is 0 Å². The maximum absolute atomic E-state index is 9.74. The van der Waals surface area contributed by atoms with Crippen molar-refractivity contribution in [1.82, 2.24) is 0 Å². The number of hydrogen-bond acceptors (Lipinski definition) is 2. The van der Waals surface area contributed by atoms with E-state index >= 15 is 0 Å². The second-order valence-corrected chi connectivity index (χ2v) is 3.85. The molecule has 2 unspecified atom stereocenters. The van der Waals surface area contributed by atoms with E-state index in [1.165, 1.54) is 0 Å². The molecule has 1 rings (SSSR count). The van der Waals surface area contributed by atoms with Gasteiger partial charge in [-0.1, -0.05) is 28.1 Å². The Balaban J connectivity index is 2.77. The molecule has 2 atom stereocenters. The van der Waals surface area contributed by atoms with Gasteiger partial charge in [-0.25, -0.2) is 0 Å². The molecule has 0 bridgehead atoms. The first kappa shape index (κ1) is 10.7. The molecule has 0 aromatic heterocycles. The van der Waals surface area contributed by atoms with Gasteiger partial charge in [0.15, 0.2) is 0 Å². The van der Waals surface area contributed by atoms with E-state index in [0.29, 0.717) is 0 Å². The smallest absolute Gasteiger partial charge is 0.105 e. The minimum Gasteiger partial charge on any atom is -0.386 e. The summed E-state index contributed by atoms with van der Waals surface area (Å²) >= 11 is 3.34. The minimum atomic E-state index is -0.557. The molecule has 0 aliphatic heterocycles. The zero-order valence-electron chi connectivity index (χ0n) is 7.70. The summed E-state index contributed by atoms with van der Waals surface area (Å²) in [6, 6.07) is 7.57. The number of halogens is 1. The molecular weight excluding hydrogens is 232 g/mol. The SMILES string of the molecule is COC(C)C(O)c1ccc(Br)cc1. The van der Waals surface area contributed by atoms with E-state index in [9.17, 15) is 5.11 Å². The molecule has 1 N–H and O–H groups in total. The Morgan fingerprint density at radius 2 is 1.85 bits per heavy atom. The van der Waals surface area contributed by atoms with Gasteiger partial charge in [-0.2, -0.15) is 0 Å². The number of ether oxygens (including phenoxy) is 1. The maximum Gasteiger partial charge on any atom is 0.105 e. The molecule has 0 heterocycles. The van der Waals surface area contributed by atoms with Gasteiger partial charge in [0.25, 0.3) is 0 Å². The highest BCUT2D eigenvalue weighted by Gasteiger charge is 2.14. The fourth-order valence-corrected chi connectivity index (χ4v) is 1.32. The molecule has 2 nitrogen and oxygen atoms in total. The van der Waals surface area contributed by atoms with Crippen molar-refractivity contribution in [3.05, 3.63) is 34.3 Å². The Kier molecular flexibility index (Phi) is 3.90. The van der Waals surface area contributed by atoms with Gasteiger partial charge < -0.3 is 9.84 Å². The van der Waals surface area contributed by atoms with E-state index in [1.54, 1.807) is 7.11 Å². The van der Waals surface area contributed by atoms with Crippen molar-refractivity contribution < 1.29 is 9.84 Å². The van der Waals surface area contributed by atoms with Crippen LogP contribution in [0.25, 0.3) is 0 Å². The van der Waals surface area contributed by atoms with Crippen molar-refractivity contribution in [2.75, 3.05) is 7.11 Å². The topological polar surface area (TPSA) is 29.5 Å². The van der Waals surface area contributed by atoms with E-state index in [1.807, 2.05) is 31.2 Å². The molecule has 13 heavy (non-hydrogen) atoms. The minimum absolute atomic E-state index is 0.179. The van der Waals surface area contributed by atoms with Gasteiger partial charge in [0, 0.05) is 11.6 Å². The Hall–Kier alpha value is -0.380. The lowest BCUT2D eigenvalue weighted by Crippen LogP contribution is -2.16. The maximum atomic E-state index is 9.74. The van der Waals surface area contributed by atoms with Crippen LogP contribution >= 0.6 is 15.9 Å². The molecule has 0 spiro atoms. The van der Waals surface area contributed by atoms with Gasteiger partial charge in [0.05, 0.1) is 6.10 Å². The van der Waals surface area contributed by atoms with Crippen molar-refractivity contribution in [3.8, 4) is 0 Å². The van der Waals surface area contributed by atoms with Crippen LogP contribution in [-0.2, 0) is 4.74 Å². The molecule has 0 radical (unpaired) electrons. The summed E-state index contributed by atoms with van der Waals surface area (Å²) in [6.07, 6.45) is -0.737. The molecular formula is C10H13BrO2. The summed E-state index contributed by atoms with van der Waals surface area (Å²) in [4.78, 5) is 0. The van der Waals surface area contributed by atoms with Crippen molar-refractivity contribution in [1.29, 1.82) is 0 Å². The summed E-state index contributed by atoms with van der Waals surface area (Å²) in [5.74, 6) is 0. The quantitative estimate of drug-likeness (QED) is 0.886. The van der Waals surface area contributed by atoms with Crippen LogP contribution in [0.15, 0.2) is 28.7 Å². The monoisotopic (exact) mass is 244 g/mol. The number of aliphatic hydroxyl groups is 1. The van der Waals surface area contributed by atoms with Crippen molar-refractivity contribution in [2.45, 2.75) is 19.1 Å². The first-order valence-corrected chi connectivity index (χ1v) is 4.90. The van der Waals surface area contributed by atoms with Crippen molar-refractivity contribution in [2.24, 2.45) is 0 Å². The predicted octanol–water partition coefficient (Wildman–Crippen LogP) is 2.52. The van der Waals surface area contributed by atoms with Gasteiger partial charge in [-0.3, -0.25) is 0 Å². The van der Waals surface area contributed by atoms with Crippen molar-refractivity contribution >= 4 is 15.9 Å². The van der Waals surface area contributed by atoms with Gasteiger partial charge in [-0.05, 0) is 24.6 Å². The lowest BCUT2D eigenvalue weighted by atomic mass is 10.1. The zero-order chi connectivity index (χ0) is 9.84. The number of benzene rings is 1. The molecule has 0 fully saturated rings. The van der Waals surface area contributed by atoms with Crippen LogP contribution in [0, 0.1) is 0 Å². The summed E-state index contributed by atoms with van der Waals surface area (Å²) in [5.41, 5.74) is 0.873. The van der Waals surface area contributed by atoms with Crippen LogP contribution in [0.1, 0.15) is 18.6 Å². The second kappa shape index (κ2) is 4.74. The fraction of sp³-hybridized carbons (Fsp3) is 0.400. The van der Waals surface area contributed by atoms with Crippen LogP contribution in [0.4, 0.5) is 0 Å². The molecule has 0 saturated heterocycles. The van der Waals surface area contributed by atoms with Crippen LogP contribution in [0.3, 0.4) is 0 Å². The highest BCUT2D eigenvalue weighted by molar-refractivity contribution is 9.10. The van der Waals surface area contributed by atoms with Crippen molar-refractivity contribution in [3.63, 3.8) is 0 Å². The van der Waals surface area contributed by atoms with E-state index < -0.39 is 6.10 Å². The lowest BCUT2D eigenvalue weighted by Gasteiger charge is -2.17. The standard InChI is InChI=1S/C10H13BrO2/c1-7(13-2)10(12)8-3-5-9(11)6-4-8/h3-7,10,12H,1-2H3. The number of rotatable bonds is 3. The molecule has 72 valence electrons. The Morgan fingerprint density at radius 3 is 2.31 bits per heavy atom. The average Bonchev–Trinajstić information content (AvgIpc) is 2.17.